The van der Waals surface area contributed by atoms with Gasteiger partial charge in [-0.3, -0.25) is 9.59 Å². The van der Waals surface area contributed by atoms with Crippen molar-refractivity contribution in [2.75, 3.05) is 59.4 Å². The largest absolute Gasteiger partial charge is 0.481 e. The van der Waals surface area contributed by atoms with Crippen LogP contribution < -0.4 is 5.32 Å². The molecule has 0 atom stereocenters. The number of hydrogen-bond donors (Lipinski definition) is 2. The molecule has 0 aromatic heterocycles. The fourth-order valence-electron chi connectivity index (χ4n) is 1.85. The lowest BCUT2D eigenvalue weighted by molar-refractivity contribution is -0.138. The van der Waals surface area contributed by atoms with Gasteiger partial charge in [-0.15, -0.1) is 0 Å². The summed E-state index contributed by atoms with van der Waals surface area (Å²) < 4.78 is 21.0. The monoisotopic (exact) mass is 369 g/mol. The number of rotatable bonds is 16. The number of carboxylic acids is 1. The highest BCUT2D eigenvalue weighted by Gasteiger charge is 2.02. The third-order valence-corrected chi connectivity index (χ3v) is 3.14. The van der Waals surface area contributed by atoms with Gasteiger partial charge in [0.25, 0.3) is 5.91 Å². The first-order chi connectivity index (χ1) is 12.7. The molecule has 146 valence electrons. The van der Waals surface area contributed by atoms with E-state index in [0.29, 0.717) is 58.4 Å². The van der Waals surface area contributed by atoms with Crippen molar-refractivity contribution in [2.45, 2.75) is 6.42 Å². The van der Waals surface area contributed by atoms with Crippen LogP contribution in [0.1, 0.15) is 16.8 Å². The highest BCUT2D eigenvalue weighted by molar-refractivity contribution is 5.94. The van der Waals surface area contributed by atoms with Gasteiger partial charge < -0.3 is 29.4 Å². The summed E-state index contributed by atoms with van der Waals surface area (Å²) in [7, 11) is 0. The second-order valence-electron chi connectivity index (χ2n) is 5.22. The predicted octanol–water partition coefficient (Wildman–Crippen LogP) is 0.958. The first kappa shape index (κ1) is 22.0. The van der Waals surface area contributed by atoms with E-state index in [0.717, 1.165) is 0 Å². The molecule has 0 radical (unpaired) electrons. The number of ether oxygens (including phenoxy) is 4. The summed E-state index contributed by atoms with van der Waals surface area (Å²) >= 11 is 0. The normalized spacial score (nSPS) is 10.6. The number of amides is 1. The number of carboxylic acid groups (broad SMARTS) is 1. The maximum Gasteiger partial charge on any atom is 0.305 e. The second-order valence-corrected chi connectivity index (χ2v) is 5.22. The number of hydrogen-bond acceptors (Lipinski definition) is 6. The van der Waals surface area contributed by atoms with Gasteiger partial charge in [0.05, 0.1) is 59.3 Å². The molecule has 8 nitrogen and oxygen atoms in total. The van der Waals surface area contributed by atoms with Crippen LogP contribution in [0.4, 0.5) is 0 Å². The Balaban J connectivity index is 1.78. The van der Waals surface area contributed by atoms with Gasteiger partial charge in [0.15, 0.2) is 0 Å². The zero-order valence-corrected chi connectivity index (χ0v) is 14.9. The van der Waals surface area contributed by atoms with Crippen LogP contribution >= 0.6 is 0 Å². The quantitative estimate of drug-likeness (QED) is 0.418. The average Bonchev–Trinajstić information content (AvgIpc) is 2.65. The Labute approximate surface area is 153 Å². The molecule has 1 aromatic rings. The van der Waals surface area contributed by atoms with Crippen molar-refractivity contribution in [1.29, 1.82) is 0 Å². The molecule has 0 unspecified atom stereocenters. The van der Waals surface area contributed by atoms with Gasteiger partial charge in [-0.1, -0.05) is 18.2 Å². The van der Waals surface area contributed by atoms with Crippen LogP contribution in [-0.4, -0.2) is 76.4 Å². The van der Waals surface area contributed by atoms with E-state index in [9.17, 15) is 9.59 Å². The Bertz CT molecular complexity index is 496. The molecule has 26 heavy (non-hydrogen) atoms. The van der Waals surface area contributed by atoms with Crippen LogP contribution in [0.25, 0.3) is 0 Å². The van der Waals surface area contributed by atoms with Crippen molar-refractivity contribution in [2.24, 2.45) is 0 Å². The van der Waals surface area contributed by atoms with Crippen LogP contribution in [0.3, 0.4) is 0 Å². The number of nitrogens with one attached hydrogen (secondary N) is 1. The van der Waals surface area contributed by atoms with Gasteiger partial charge in [-0.05, 0) is 12.1 Å². The predicted molar refractivity (Wildman–Crippen MR) is 94.3 cm³/mol. The smallest absolute Gasteiger partial charge is 0.305 e. The number of carbonyl (C=O) groups is 2. The average molecular weight is 369 g/mol. The third-order valence-electron chi connectivity index (χ3n) is 3.14. The zero-order chi connectivity index (χ0) is 18.9. The molecule has 1 rings (SSSR count). The van der Waals surface area contributed by atoms with Gasteiger partial charge in [0.2, 0.25) is 0 Å². The molecule has 0 spiro atoms. The Hall–Kier alpha value is -2.00. The fraction of sp³-hybridized carbons (Fsp3) is 0.556. The highest BCUT2D eigenvalue weighted by atomic mass is 16.6. The van der Waals surface area contributed by atoms with Crippen LogP contribution in [0.2, 0.25) is 0 Å². The minimum Gasteiger partial charge on any atom is -0.481 e. The third kappa shape index (κ3) is 12.4. The molecule has 0 saturated carbocycles. The van der Waals surface area contributed by atoms with Gasteiger partial charge in [-0.25, -0.2) is 0 Å². The first-order valence-corrected chi connectivity index (χ1v) is 8.56. The van der Waals surface area contributed by atoms with Crippen molar-refractivity contribution in [3.05, 3.63) is 35.9 Å². The van der Waals surface area contributed by atoms with E-state index in [1.165, 1.54) is 0 Å². The molecule has 0 fully saturated rings. The molecule has 1 amide bonds. The summed E-state index contributed by atoms with van der Waals surface area (Å²) in [5, 5.41) is 11.2. The molecule has 1 aromatic carbocycles. The van der Waals surface area contributed by atoms with E-state index in [2.05, 4.69) is 5.32 Å². The molecule has 0 heterocycles. The minimum absolute atomic E-state index is 0.000946. The van der Waals surface area contributed by atoms with Crippen LogP contribution in [-0.2, 0) is 23.7 Å². The lowest BCUT2D eigenvalue weighted by Gasteiger charge is -2.08. The van der Waals surface area contributed by atoms with Crippen LogP contribution in [0.15, 0.2) is 30.3 Å². The number of carbonyl (C=O) groups excluding carboxylic acids is 1. The van der Waals surface area contributed by atoms with E-state index in [-0.39, 0.29) is 18.9 Å². The van der Waals surface area contributed by atoms with Crippen LogP contribution in [0.5, 0.6) is 0 Å². The molecule has 8 heteroatoms. The molecule has 0 aliphatic heterocycles. The Morgan fingerprint density at radius 1 is 0.769 bits per heavy atom. The number of aliphatic carboxylic acids is 1. The van der Waals surface area contributed by atoms with Crippen molar-refractivity contribution >= 4 is 11.9 Å². The Morgan fingerprint density at radius 3 is 1.81 bits per heavy atom. The zero-order valence-electron chi connectivity index (χ0n) is 14.9. The van der Waals surface area contributed by atoms with E-state index < -0.39 is 5.97 Å². The van der Waals surface area contributed by atoms with Gasteiger partial charge in [0, 0.05) is 12.1 Å². The molecule has 0 saturated heterocycles. The lowest BCUT2D eigenvalue weighted by atomic mass is 10.2. The number of benzene rings is 1. The van der Waals surface area contributed by atoms with Gasteiger partial charge >= 0.3 is 5.97 Å². The fourth-order valence-corrected chi connectivity index (χ4v) is 1.85. The van der Waals surface area contributed by atoms with Crippen molar-refractivity contribution < 1.29 is 33.6 Å². The molecular weight excluding hydrogens is 342 g/mol. The Morgan fingerprint density at radius 2 is 1.27 bits per heavy atom. The molecule has 0 aliphatic rings. The maximum atomic E-state index is 11.8. The highest BCUT2D eigenvalue weighted by Crippen LogP contribution is 1.97. The molecular formula is C18H27NO7. The summed E-state index contributed by atoms with van der Waals surface area (Å²) in [4.78, 5) is 22.0. The topological polar surface area (TPSA) is 103 Å². The van der Waals surface area contributed by atoms with Gasteiger partial charge in [0.1, 0.15) is 0 Å². The Kier molecular flexibility index (Phi) is 12.9. The summed E-state index contributed by atoms with van der Waals surface area (Å²) in [5.74, 6) is -0.991. The first-order valence-electron chi connectivity index (χ1n) is 8.56. The molecule has 0 bridgehead atoms. The molecule has 2 N–H and O–H groups in total. The molecule has 0 aliphatic carbocycles. The van der Waals surface area contributed by atoms with E-state index in [1.54, 1.807) is 12.1 Å². The summed E-state index contributed by atoms with van der Waals surface area (Å²) in [6.07, 6.45) is -0.000946. The SMILES string of the molecule is O=C(O)CCOCCOCCOCCOCCNC(=O)c1ccccc1. The maximum absolute atomic E-state index is 11.8. The summed E-state index contributed by atoms with van der Waals surface area (Å²) in [6, 6.07) is 9.02. The van der Waals surface area contributed by atoms with Crippen molar-refractivity contribution in [3.63, 3.8) is 0 Å². The second kappa shape index (κ2) is 15.3. The van der Waals surface area contributed by atoms with Crippen molar-refractivity contribution in [1.82, 2.24) is 5.32 Å². The van der Waals surface area contributed by atoms with Crippen LogP contribution in [0, 0.1) is 0 Å². The van der Waals surface area contributed by atoms with E-state index in [1.807, 2.05) is 18.2 Å². The minimum atomic E-state index is -0.875. The van der Waals surface area contributed by atoms with Gasteiger partial charge in [-0.2, -0.15) is 0 Å². The summed E-state index contributed by atoms with van der Waals surface area (Å²) in [6.45, 7) is 3.61. The van der Waals surface area contributed by atoms with E-state index in [4.69, 9.17) is 24.1 Å². The summed E-state index contributed by atoms with van der Waals surface area (Å²) in [5.41, 5.74) is 0.628. The van der Waals surface area contributed by atoms with Crippen molar-refractivity contribution in [3.8, 4) is 0 Å². The van der Waals surface area contributed by atoms with E-state index >= 15 is 0 Å². The lowest BCUT2D eigenvalue weighted by Crippen LogP contribution is -2.27. The standard InChI is InChI=1S/C18H27NO7/c20-17(21)6-8-23-10-12-25-14-15-26-13-11-24-9-7-19-18(22)16-4-2-1-3-5-16/h1-5H,6-15H2,(H,19,22)(H,20,21).